The lowest BCUT2D eigenvalue weighted by Crippen LogP contribution is -2.27. The maximum Gasteiger partial charge on any atom is 0.224 e. The zero-order valence-corrected chi connectivity index (χ0v) is 11.9. The van der Waals surface area contributed by atoms with Crippen molar-refractivity contribution in [1.82, 2.24) is 24.4 Å². The van der Waals surface area contributed by atoms with Crippen LogP contribution in [-0.2, 0) is 11.5 Å². The lowest BCUT2D eigenvalue weighted by Gasteiger charge is -2.17. The van der Waals surface area contributed by atoms with Gasteiger partial charge in [-0.2, -0.15) is 0 Å². The van der Waals surface area contributed by atoms with Gasteiger partial charge in [0, 0.05) is 26.1 Å². The van der Waals surface area contributed by atoms with Crippen LogP contribution in [0.5, 0.6) is 0 Å². The third-order valence-corrected chi connectivity index (χ3v) is 4.28. The SMILES string of the molecule is O=C1CCCN1Cn1cnc2c(N3CCCC3)ncnc21. The Morgan fingerprint density at radius 1 is 1.05 bits per heavy atom. The monoisotopic (exact) mass is 286 g/mol. The van der Waals surface area contributed by atoms with Crippen molar-refractivity contribution < 1.29 is 4.79 Å². The van der Waals surface area contributed by atoms with Crippen molar-refractivity contribution in [3.8, 4) is 0 Å². The first-order valence-electron chi connectivity index (χ1n) is 7.51. The Morgan fingerprint density at radius 2 is 1.90 bits per heavy atom. The molecule has 2 aromatic heterocycles. The third kappa shape index (κ3) is 2.12. The Bertz CT molecular complexity index is 675. The van der Waals surface area contributed by atoms with Crippen LogP contribution >= 0.6 is 0 Å². The van der Waals surface area contributed by atoms with Crippen LogP contribution in [0, 0.1) is 0 Å². The van der Waals surface area contributed by atoms with E-state index >= 15 is 0 Å². The molecule has 21 heavy (non-hydrogen) atoms. The predicted molar refractivity (Wildman–Crippen MR) is 77.7 cm³/mol. The molecule has 2 aliphatic heterocycles. The number of carbonyl (C=O) groups is 1. The topological polar surface area (TPSA) is 67.2 Å². The Kier molecular flexibility index (Phi) is 2.98. The molecular weight excluding hydrogens is 268 g/mol. The molecule has 0 N–H and O–H groups in total. The number of carbonyl (C=O) groups excluding carboxylic acids is 1. The summed E-state index contributed by atoms with van der Waals surface area (Å²) in [6.07, 6.45) is 7.37. The van der Waals surface area contributed by atoms with Gasteiger partial charge in [-0.05, 0) is 19.3 Å². The van der Waals surface area contributed by atoms with E-state index in [1.165, 1.54) is 12.8 Å². The van der Waals surface area contributed by atoms with E-state index in [0.717, 1.165) is 43.0 Å². The summed E-state index contributed by atoms with van der Waals surface area (Å²) < 4.78 is 1.94. The van der Waals surface area contributed by atoms with Crippen molar-refractivity contribution in [2.24, 2.45) is 0 Å². The molecule has 0 unspecified atom stereocenters. The van der Waals surface area contributed by atoms with Crippen LogP contribution in [-0.4, -0.2) is 50.0 Å². The number of hydrogen-bond acceptors (Lipinski definition) is 5. The van der Waals surface area contributed by atoms with Crippen molar-refractivity contribution in [1.29, 1.82) is 0 Å². The van der Waals surface area contributed by atoms with Gasteiger partial charge in [-0.15, -0.1) is 0 Å². The van der Waals surface area contributed by atoms with E-state index in [1.54, 1.807) is 12.7 Å². The van der Waals surface area contributed by atoms with Crippen LogP contribution in [0.1, 0.15) is 25.7 Å². The van der Waals surface area contributed by atoms with Gasteiger partial charge in [0.2, 0.25) is 5.91 Å². The molecule has 0 saturated carbocycles. The predicted octanol–water partition coefficient (Wildman–Crippen LogP) is 1.01. The van der Waals surface area contributed by atoms with Gasteiger partial charge in [0.25, 0.3) is 0 Å². The van der Waals surface area contributed by atoms with E-state index in [1.807, 2.05) is 9.47 Å². The number of hydrogen-bond donors (Lipinski definition) is 0. The summed E-state index contributed by atoms with van der Waals surface area (Å²) >= 11 is 0. The number of amides is 1. The van der Waals surface area contributed by atoms with Crippen molar-refractivity contribution in [2.45, 2.75) is 32.4 Å². The van der Waals surface area contributed by atoms with Gasteiger partial charge in [-0.3, -0.25) is 9.36 Å². The molecule has 0 aliphatic carbocycles. The fourth-order valence-electron chi connectivity index (χ4n) is 3.17. The van der Waals surface area contributed by atoms with Crippen LogP contribution in [0.2, 0.25) is 0 Å². The quantitative estimate of drug-likeness (QED) is 0.842. The first kappa shape index (κ1) is 12.6. The zero-order valence-electron chi connectivity index (χ0n) is 11.9. The summed E-state index contributed by atoms with van der Waals surface area (Å²) in [7, 11) is 0. The molecule has 2 aromatic rings. The van der Waals surface area contributed by atoms with E-state index in [-0.39, 0.29) is 5.91 Å². The largest absolute Gasteiger partial charge is 0.355 e. The number of likely N-dealkylation sites (tertiary alicyclic amines) is 1. The summed E-state index contributed by atoms with van der Waals surface area (Å²) in [6, 6.07) is 0. The van der Waals surface area contributed by atoms with E-state index in [2.05, 4.69) is 19.9 Å². The summed E-state index contributed by atoms with van der Waals surface area (Å²) in [5.41, 5.74) is 1.65. The lowest BCUT2D eigenvalue weighted by molar-refractivity contribution is -0.129. The minimum Gasteiger partial charge on any atom is -0.355 e. The van der Waals surface area contributed by atoms with Gasteiger partial charge in [0.05, 0.1) is 6.33 Å². The molecule has 4 heterocycles. The lowest BCUT2D eigenvalue weighted by atomic mass is 10.4. The van der Waals surface area contributed by atoms with E-state index < -0.39 is 0 Å². The highest BCUT2D eigenvalue weighted by atomic mass is 16.2. The minimum absolute atomic E-state index is 0.214. The standard InChI is InChI=1S/C14H18N6O/c21-11-4-3-7-19(11)10-20-9-17-12-13(15-8-16-14(12)20)18-5-1-2-6-18/h8-9H,1-7,10H2. The van der Waals surface area contributed by atoms with Gasteiger partial charge in [0.1, 0.15) is 13.0 Å². The Balaban J connectivity index is 1.68. The van der Waals surface area contributed by atoms with E-state index in [4.69, 9.17) is 0 Å². The van der Waals surface area contributed by atoms with E-state index in [0.29, 0.717) is 13.1 Å². The van der Waals surface area contributed by atoms with Crippen molar-refractivity contribution in [3.63, 3.8) is 0 Å². The maximum atomic E-state index is 11.8. The minimum atomic E-state index is 0.214. The second-order valence-electron chi connectivity index (χ2n) is 5.68. The Hall–Kier alpha value is -2.18. The van der Waals surface area contributed by atoms with Gasteiger partial charge in [-0.1, -0.05) is 0 Å². The molecule has 2 aliphatic rings. The molecule has 0 aromatic carbocycles. The van der Waals surface area contributed by atoms with Crippen LogP contribution in [0.15, 0.2) is 12.7 Å². The van der Waals surface area contributed by atoms with Crippen molar-refractivity contribution in [3.05, 3.63) is 12.7 Å². The van der Waals surface area contributed by atoms with Crippen LogP contribution in [0.3, 0.4) is 0 Å². The number of rotatable bonds is 3. The zero-order chi connectivity index (χ0) is 14.2. The summed E-state index contributed by atoms with van der Waals surface area (Å²) in [4.78, 5) is 29.2. The third-order valence-electron chi connectivity index (χ3n) is 4.28. The highest BCUT2D eigenvalue weighted by molar-refractivity contribution is 5.83. The van der Waals surface area contributed by atoms with Gasteiger partial charge in [-0.25, -0.2) is 15.0 Å². The summed E-state index contributed by atoms with van der Waals surface area (Å²) in [6.45, 7) is 3.42. The van der Waals surface area contributed by atoms with Gasteiger partial charge >= 0.3 is 0 Å². The average Bonchev–Trinajstić information content (AvgIpc) is 3.22. The number of anilines is 1. The van der Waals surface area contributed by atoms with Gasteiger partial charge in [0.15, 0.2) is 17.0 Å². The molecule has 2 fully saturated rings. The fourth-order valence-corrected chi connectivity index (χ4v) is 3.17. The normalized spacial score (nSPS) is 19.1. The molecule has 0 radical (unpaired) electrons. The molecule has 7 heteroatoms. The molecule has 0 spiro atoms. The number of aromatic nitrogens is 4. The molecule has 110 valence electrons. The Labute approximate surface area is 122 Å². The summed E-state index contributed by atoms with van der Waals surface area (Å²) in [5.74, 6) is 1.13. The van der Waals surface area contributed by atoms with E-state index in [9.17, 15) is 4.79 Å². The first-order chi connectivity index (χ1) is 10.3. The van der Waals surface area contributed by atoms with Crippen molar-refractivity contribution in [2.75, 3.05) is 24.5 Å². The molecule has 2 saturated heterocycles. The maximum absolute atomic E-state index is 11.8. The highest BCUT2D eigenvalue weighted by Crippen LogP contribution is 2.25. The highest BCUT2D eigenvalue weighted by Gasteiger charge is 2.23. The Morgan fingerprint density at radius 3 is 2.67 bits per heavy atom. The second-order valence-corrected chi connectivity index (χ2v) is 5.68. The van der Waals surface area contributed by atoms with Crippen molar-refractivity contribution >= 4 is 22.9 Å². The van der Waals surface area contributed by atoms with Crippen LogP contribution in [0.4, 0.5) is 5.82 Å². The van der Waals surface area contributed by atoms with Gasteiger partial charge < -0.3 is 9.80 Å². The molecule has 7 nitrogen and oxygen atoms in total. The second kappa shape index (κ2) is 4.98. The summed E-state index contributed by atoms with van der Waals surface area (Å²) in [5, 5.41) is 0. The number of imidazole rings is 1. The fraction of sp³-hybridized carbons (Fsp3) is 0.571. The van der Waals surface area contributed by atoms with Crippen LogP contribution < -0.4 is 4.90 Å². The smallest absolute Gasteiger partial charge is 0.224 e. The molecule has 4 rings (SSSR count). The molecule has 1 amide bonds. The number of nitrogens with zero attached hydrogens (tertiary/aromatic N) is 6. The van der Waals surface area contributed by atoms with Crippen LogP contribution in [0.25, 0.3) is 11.2 Å². The average molecular weight is 286 g/mol. The number of fused-ring (bicyclic) bond motifs is 1. The first-order valence-corrected chi connectivity index (χ1v) is 7.51. The molecule has 0 bridgehead atoms. The molecule has 0 atom stereocenters. The molecular formula is C14H18N6O.